The Labute approximate surface area is 145 Å². The number of rotatable bonds is 2. The van der Waals surface area contributed by atoms with Crippen LogP contribution in [0, 0.1) is 17.5 Å². The standard InChI is InChI=1S/C19H12F3NOS/c20-10-5-6-12(16(22)7-10)13-8-17(24)23-18-14(9-25-19(13)18)11-3-1-2-4-15(11)21/h1-7,9,13H,8H2,(H,23,24)/t13-/m1/s1. The Balaban J connectivity index is 1.86. The summed E-state index contributed by atoms with van der Waals surface area (Å²) >= 11 is 1.33. The number of thiophene rings is 1. The lowest BCUT2D eigenvalue weighted by Gasteiger charge is -2.24. The van der Waals surface area contributed by atoms with E-state index in [4.69, 9.17) is 0 Å². The van der Waals surface area contributed by atoms with Crippen molar-refractivity contribution in [3.8, 4) is 11.1 Å². The van der Waals surface area contributed by atoms with Gasteiger partial charge in [0.1, 0.15) is 17.5 Å². The molecular formula is C19H12F3NOS. The average Bonchev–Trinajstić information content (AvgIpc) is 2.98. The highest BCUT2D eigenvalue weighted by molar-refractivity contribution is 7.11. The van der Waals surface area contributed by atoms with E-state index in [9.17, 15) is 18.0 Å². The topological polar surface area (TPSA) is 29.1 Å². The highest BCUT2D eigenvalue weighted by Gasteiger charge is 2.32. The van der Waals surface area contributed by atoms with Gasteiger partial charge in [0.25, 0.3) is 0 Å². The Morgan fingerprint density at radius 2 is 1.80 bits per heavy atom. The highest BCUT2D eigenvalue weighted by Crippen LogP contribution is 2.47. The molecule has 0 saturated carbocycles. The van der Waals surface area contributed by atoms with Gasteiger partial charge in [-0.25, -0.2) is 13.2 Å². The van der Waals surface area contributed by atoms with Crippen LogP contribution in [-0.2, 0) is 4.79 Å². The molecule has 6 heteroatoms. The van der Waals surface area contributed by atoms with E-state index < -0.39 is 23.4 Å². The molecule has 0 bridgehead atoms. The summed E-state index contributed by atoms with van der Waals surface area (Å²) < 4.78 is 41.6. The molecule has 25 heavy (non-hydrogen) atoms. The van der Waals surface area contributed by atoms with Crippen molar-refractivity contribution in [3.63, 3.8) is 0 Å². The van der Waals surface area contributed by atoms with Crippen molar-refractivity contribution < 1.29 is 18.0 Å². The van der Waals surface area contributed by atoms with Crippen LogP contribution in [0.25, 0.3) is 11.1 Å². The summed E-state index contributed by atoms with van der Waals surface area (Å²) in [5.41, 5.74) is 1.71. The molecule has 2 heterocycles. The van der Waals surface area contributed by atoms with Crippen molar-refractivity contribution in [1.29, 1.82) is 0 Å². The first kappa shape index (κ1) is 15.9. The molecule has 1 atom stereocenters. The van der Waals surface area contributed by atoms with Gasteiger partial charge in [0, 0.05) is 39.8 Å². The van der Waals surface area contributed by atoms with Crippen LogP contribution in [0.5, 0.6) is 0 Å². The number of fused-ring (bicyclic) bond motifs is 1. The zero-order chi connectivity index (χ0) is 17.6. The minimum atomic E-state index is -0.688. The summed E-state index contributed by atoms with van der Waals surface area (Å²) in [6, 6.07) is 9.63. The van der Waals surface area contributed by atoms with Gasteiger partial charge in [0.2, 0.25) is 5.91 Å². The van der Waals surface area contributed by atoms with E-state index in [1.165, 1.54) is 29.5 Å². The highest BCUT2D eigenvalue weighted by atomic mass is 32.1. The number of anilines is 1. The van der Waals surface area contributed by atoms with E-state index in [-0.39, 0.29) is 17.9 Å². The molecule has 1 aromatic heterocycles. The van der Waals surface area contributed by atoms with Crippen LogP contribution in [0.2, 0.25) is 0 Å². The second kappa shape index (κ2) is 6.04. The molecule has 0 saturated heterocycles. The molecule has 126 valence electrons. The largest absolute Gasteiger partial charge is 0.325 e. The number of hydrogen-bond acceptors (Lipinski definition) is 2. The molecule has 0 fully saturated rings. The molecule has 0 unspecified atom stereocenters. The summed E-state index contributed by atoms with van der Waals surface area (Å²) in [5.74, 6) is -2.55. The molecule has 3 aromatic rings. The van der Waals surface area contributed by atoms with Crippen molar-refractivity contribution in [3.05, 3.63) is 75.7 Å². The van der Waals surface area contributed by atoms with Gasteiger partial charge < -0.3 is 5.32 Å². The van der Waals surface area contributed by atoms with Crippen molar-refractivity contribution in [1.82, 2.24) is 0 Å². The third-order valence-electron chi connectivity index (χ3n) is 4.29. The van der Waals surface area contributed by atoms with Crippen LogP contribution >= 0.6 is 11.3 Å². The maximum atomic E-state index is 14.2. The van der Waals surface area contributed by atoms with Crippen molar-refractivity contribution >= 4 is 22.9 Å². The van der Waals surface area contributed by atoms with Gasteiger partial charge in [-0.2, -0.15) is 0 Å². The fourth-order valence-electron chi connectivity index (χ4n) is 3.14. The Morgan fingerprint density at radius 3 is 2.56 bits per heavy atom. The Morgan fingerprint density at radius 1 is 1.00 bits per heavy atom. The second-order valence-electron chi connectivity index (χ2n) is 5.84. The van der Waals surface area contributed by atoms with Crippen LogP contribution in [0.4, 0.5) is 18.9 Å². The van der Waals surface area contributed by atoms with Gasteiger partial charge in [-0.15, -0.1) is 11.3 Å². The smallest absolute Gasteiger partial charge is 0.225 e. The first-order chi connectivity index (χ1) is 12.0. The quantitative estimate of drug-likeness (QED) is 0.660. The van der Waals surface area contributed by atoms with Gasteiger partial charge in [0.05, 0.1) is 5.69 Å². The Bertz CT molecular complexity index is 983. The molecule has 0 spiro atoms. The number of carbonyl (C=O) groups is 1. The van der Waals surface area contributed by atoms with Gasteiger partial charge in [-0.3, -0.25) is 4.79 Å². The third-order valence-corrected chi connectivity index (χ3v) is 5.39. The summed E-state index contributed by atoms with van der Waals surface area (Å²) in [6.07, 6.45) is 0.0623. The minimum absolute atomic E-state index is 0.0623. The lowest BCUT2D eigenvalue weighted by molar-refractivity contribution is -0.116. The van der Waals surface area contributed by atoms with Crippen LogP contribution < -0.4 is 5.32 Å². The predicted molar refractivity (Wildman–Crippen MR) is 91.2 cm³/mol. The number of amides is 1. The molecule has 2 aromatic carbocycles. The Hall–Kier alpha value is -2.60. The first-order valence-electron chi connectivity index (χ1n) is 7.65. The van der Waals surface area contributed by atoms with E-state index in [2.05, 4.69) is 5.32 Å². The van der Waals surface area contributed by atoms with Crippen molar-refractivity contribution in [2.75, 3.05) is 5.32 Å². The fraction of sp³-hybridized carbons (Fsp3) is 0.105. The SMILES string of the molecule is O=C1C[C@H](c2ccc(F)cc2F)c2scc(-c3ccccc3F)c2N1. The molecule has 2 nitrogen and oxygen atoms in total. The van der Waals surface area contributed by atoms with Crippen LogP contribution in [0.3, 0.4) is 0 Å². The number of nitrogens with one attached hydrogen (secondary N) is 1. The van der Waals surface area contributed by atoms with E-state index in [0.717, 1.165) is 10.9 Å². The number of halogens is 3. The summed E-state index contributed by atoms with van der Waals surface area (Å²) in [5, 5.41) is 4.53. The van der Waals surface area contributed by atoms with E-state index in [0.29, 0.717) is 16.8 Å². The number of benzene rings is 2. The molecule has 0 aliphatic carbocycles. The predicted octanol–water partition coefficient (Wildman–Crippen LogP) is 5.31. The Kier molecular flexibility index (Phi) is 3.84. The van der Waals surface area contributed by atoms with Crippen molar-refractivity contribution in [2.45, 2.75) is 12.3 Å². The molecule has 0 radical (unpaired) electrons. The van der Waals surface area contributed by atoms with E-state index in [1.54, 1.807) is 23.6 Å². The third kappa shape index (κ3) is 2.72. The molecule has 1 amide bonds. The summed E-state index contributed by atoms with van der Waals surface area (Å²) in [4.78, 5) is 12.9. The minimum Gasteiger partial charge on any atom is -0.325 e. The zero-order valence-electron chi connectivity index (χ0n) is 12.9. The molecule has 1 aliphatic heterocycles. The molecular weight excluding hydrogens is 347 g/mol. The zero-order valence-corrected chi connectivity index (χ0v) is 13.7. The number of hydrogen-bond donors (Lipinski definition) is 1. The summed E-state index contributed by atoms with van der Waals surface area (Å²) in [7, 11) is 0. The molecule has 1 aliphatic rings. The first-order valence-corrected chi connectivity index (χ1v) is 8.53. The van der Waals surface area contributed by atoms with Crippen LogP contribution in [-0.4, -0.2) is 5.91 Å². The normalized spacial score (nSPS) is 16.4. The maximum Gasteiger partial charge on any atom is 0.225 e. The molecule has 4 rings (SSSR count). The fourth-order valence-corrected chi connectivity index (χ4v) is 4.28. The average molecular weight is 359 g/mol. The van der Waals surface area contributed by atoms with Crippen LogP contribution in [0.15, 0.2) is 47.8 Å². The van der Waals surface area contributed by atoms with E-state index in [1.807, 2.05) is 0 Å². The van der Waals surface area contributed by atoms with Gasteiger partial charge in [-0.05, 0) is 17.7 Å². The van der Waals surface area contributed by atoms with Gasteiger partial charge in [0.15, 0.2) is 0 Å². The van der Waals surface area contributed by atoms with E-state index >= 15 is 0 Å². The summed E-state index contributed by atoms with van der Waals surface area (Å²) in [6.45, 7) is 0. The van der Waals surface area contributed by atoms with Gasteiger partial charge >= 0.3 is 0 Å². The maximum absolute atomic E-state index is 14.2. The lowest BCUT2D eigenvalue weighted by atomic mass is 9.88. The van der Waals surface area contributed by atoms with Gasteiger partial charge in [-0.1, -0.05) is 24.3 Å². The van der Waals surface area contributed by atoms with Crippen LogP contribution in [0.1, 0.15) is 22.8 Å². The van der Waals surface area contributed by atoms with Crippen molar-refractivity contribution in [2.24, 2.45) is 0 Å². The lowest BCUT2D eigenvalue weighted by Crippen LogP contribution is -2.23. The molecule has 1 N–H and O–H groups in total. The second-order valence-corrected chi connectivity index (χ2v) is 6.75. The number of carbonyl (C=O) groups excluding carboxylic acids is 1. The monoisotopic (exact) mass is 359 g/mol.